The van der Waals surface area contributed by atoms with E-state index in [1.54, 1.807) is 3.26 Å². The first kappa shape index (κ1) is 25.0. The van der Waals surface area contributed by atoms with Gasteiger partial charge in [-0.15, -0.1) is 0 Å². The third kappa shape index (κ3) is 11.8. The van der Waals surface area contributed by atoms with Crippen molar-refractivity contribution in [1.29, 1.82) is 0 Å². The van der Waals surface area contributed by atoms with E-state index in [1.165, 1.54) is 46.1 Å². The van der Waals surface area contributed by atoms with Gasteiger partial charge in [0.15, 0.2) is 0 Å². The largest absolute Gasteiger partial charge is 1.00 e. The fourth-order valence-corrected chi connectivity index (χ4v) is 1.45. The molecule has 0 saturated heterocycles. The molecule has 2 aromatic rings. The molecule has 0 aromatic heterocycles. The molecule has 0 aliphatic carbocycles. The van der Waals surface area contributed by atoms with Gasteiger partial charge in [-0.1, -0.05) is 27.7 Å². The molecule has 0 aliphatic heterocycles. The van der Waals surface area contributed by atoms with Gasteiger partial charge in [0.05, 0.1) is 0 Å². The van der Waals surface area contributed by atoms with E-state index in [4.69, 9.17) is 0 Å². The quantitative estimate of drug-likeness (QED) is 0.330. The molecule has 0 amide bonds. The Kier molecular flexibility index (Phi) is 17.5. The Bertz CT molecular complexity index is 410. The Morgan fingerprint density at radius 2 is 1.45 bits per heavy atom. The zero-order chi connectivity index (χ0) is 14.1. The molecule has 2 rings (SSSR count). The van der Waals surface area contributed by atoms with Crippen LogP contribution in [0.2, 0.25) is 0 Å². The third-order valence-electron chi connectivity index (χ3n) is 2.73. The zero-order valence-electron chi connectivity index (χ0n) is 13.2. The summed E-state index contributed by atoms with van der Waals surface area (Å²) in [7, 11) is 0. The molecule has 0 atom stereocenters. The predicted octanol–water partition coefficient (Wildman–Crippen LogP) is -1.20. The van der Waals surface area contributed by atoms with E-state index >= 15 is 0 Å². The summed E-state index contributed by atoms with van der Waals surface area (Å²) in [5.41, 5.74) is 5.75. The van der Waals surface area contributed by atoms with Crippen molar-refractivity contribution < 1.29 is 48.7 Å². The molecule has 20 heavy (non-hydrogen) atoms. The summed E-state index contributed by atoms with van der Waals surface area (Å²) < 4.78 is 1.56. The van der Waals surface area contributed by atoms with Gasteiger partial charge >= 0.3 is 41.0 Å². The van der Waals surface area contributed by atoms with Crippen molar-refractivity contribution in [2.45, 2.75) is 41.5 Å². The van der Waals surface area contributed by atoms with Crippen molar-refractivity contribution in [3.05, 3.63) is 58.7 Å². The molecule has 112 valence electrons. The average molecular weight is 478 g/mol. The minimum atomic E-state index is 0. The maximum Gasteiger partial charge on any atom is -0.0630 e. The predicted molar refractivity (Wildman–Crippen MR) is 79.4 cm³/mol. The van der Waals surface area contributed by atoms with Gasteiger partial charge in [0.2, 0.25) is 0 Å². The van der Waals surface area contributed by atoms with Crippen LogP contribution in [0.5, 0.6) is 0 Å². The maximum absolute atomic E-state index is 2.24. The molecule has 0 bridgehead atoms. The SMILES string of the molecule is C[C](C)=[Hf+2].Cc1c[c-](C)c(C)c1C.[Cl-].[Cl-].c1cc[cH-]c1. The molecule has 0 fully saturated rings. The molecule has 0 spiro atoms. The number of aryl methyl sites for hydroxylation is 2. The Labute approximate surface area is 151 Å². The topological polar surface area (TPSA) is 0 Å². The number of halogens is 2. The van der Waals surface area contributed by atoms with Gasteiger partial charge in [-0.05, 0) is 0 Å². The molecular weight excluding hydrogens is 454 g/mol. The van der Waals surface area contributed by atoms with Crippen LogP contribution in [0.15, 0.2) is 36.4 Å². The minimum absolute atomic E-state index is 0. The molecule has 0 N–H and O–H groups in total. The zero-order valence-corrected chi connectivity index (χ0v) is 18.3. The van der Waals surface area contributed by atoms with Crippen LogP contribution in [0.25, 0.3) is 0 Å². The Hall–Kier alpha value is 0.0201. The Balaban J connectivity index is -0.000000228. The minimum Gasteiger partial charge on any atom is -1.00 e. The van der Waals surface area contributed by atoms with Crippen molar-refractivity contribution in [1.82, 2.24) is 0 Å². The van der Waals surface area contributed by atoms with Crippen LogP contribution in [0.1, 0.15) is 36.1 Å². The van der Waals surface area contributed by atoms with Gasteiger partial charge in [0.25, 0.3) is 0 Å². The second-order valence-electron chi connectivity index (χ2n) is 4.72. The fourth-order valence-electron chi connectivity index (χ4n) is 1.45. The van der Waals surface area contributed by atoms with E-state index in [2.05, 4.69) is 47.6 Å². The fraction of sp³-hybridized carbons (Fsp3) is 0.353. The summed E-state index contributed by atoms with van der Waals surface area (Å²) in [5.74, 6) is 0. The maximum atomic E-state index is 2.24. The van der Waals surface area contributed by atoms with Crippen LogP contribution in [-0.2, 0) is 23.9 Å². The second-order valence-corrected chi connectivity index (χ2v) is 8.32. The van der Waals surface area contributed by atoms with E-state index in [0.717, 1.165) is 0 Å². The summed E-state index contributed by atoms with van der Waals surface area (Å²) in [6.45, 7) is 13.0. The van der Waals surface area contributed by atoms with Gasteiger partial charge in [-0.25, -0.2) is 12.1 Å². The second kappa shape index (κ2) is 14.0. The van der Waals surface area contributed by atoms with Gasteiger partial charge in [0.1, 0.15) is 0 Å². The van der Waals surface area contributed by atoms with E-state index < -0.39 is 0 Å². The number of rotatable bonds is 0. The summed E-state index contributed by atoms with van der Waals surface area (Å²) in [4.78, 5) is 0. The van der Waals surface area contributed by atoms with E-state index in [0.29, 0.717) is 0 Å². The van der Waals surface area contributed by atoms with Gasteiger partial charge in [-0.3, -0.25) is 0 Å². The first-order valence-electron chi connectivity index (χ1n) is 6.24. The summed E-state index contributed by atoms with van der Waals surface area (Å²) in [6, 6.07) is 12.2. The van der Waals surface area contributed by atoms with Crippen molar-refractivity contribution in [3.63, 3.8) is 0 Å². The van der Waals surface area contributed by atoms with Crippen LogP contribution in [0.3, 0.4) is 0 Å². The van der Waals surface area contributed by atoms with Crippen LogP contribution in [-0.4, -0.2) is 3.26 Å². The van der Waals surface area contributed by atoms with Crippen molar-refractivity contribution in [2.75, 3.05) is 0 Å². The van der Waals surface area contributed by atoms with Crippen molar-refractivity contribution in [3.8, 4) is 0 Å². The van der Waals surface area contributed by atoms with Gasteiger partial charge in [0, 0.05) is 0 Å². The number of hydrogen-bond donors (Lipinski definition) is 0. The van der Waals surface area contributed by atoms with E-state index in [-0.39, 0.29) is 24.8 Å². The van der Waals surface area contributed by atoms with E-state index in [1.807, 2.05) is 30.3 Å². The first-order chi connectivity index (χ1) is 8.36. The molecule has 0 saturated carbocycles. The average Bonchev–Trinajstić information content (AvgIpc) is 2.89. The van der Waals surface area contributed by atoms with Crippen LogP contribution >= 0.6 is 0 Å². The van der Waals surface area contributed by atoms with Crippen LogP contribution in [0.4, 0.5) is 0 Å². The monoisotopic (exact) mass is 478 g/mol. The first-order valence-corrected chi connectivity index (χ1v) is 8.04. The Morgan fingerprint density at radius 1 is 1.05 bits per heavy atom. The summed E-state index contributed by atoms with van der Waals surface area (Å²) in [6.07, 6.45) is 0. The van der Waals surface area contributed by atoms with Crippen LogP contribution < -0.4 is 24.8 Å². The van der Waals surface area contributed by atoms with Gasteiger partial charge in [-0.2, -0.15) is 46.5 Å². The molecular formula is C17H24Cl2Hf-2. The molecule has 3 heteroatoms. The van der Waals surface area contributed by atoms with Crippen molar-refractivity contribution in [2.24, 2.45) is 0 Å². The Morgan fingerprint density at radius 3 is 1.55 bits per heavy atom. The molecule has 0 nitrogen and oxygen atoms in total. The molecule has 0 unspecified atom stereocenters. The molecule has 0 aliphatic rings. The van der Waals surface area contributed by atoms with Crippen LogP contribution in [0, 0.1) is 27.7 Å². The molecule has 0 radical (unpaired) electrons. The summed E-state index contributed by atoms with van der Waals surface area (Å²) >= 11 is 1.27. The standard InChI is InChI=1S/C9H13.C5H5.C3H6.2ClH.Hf/c1-6-5-7(2)9(4)8(6)3;1-2-4-5-3-1;1-3-2;;;/h5H,1-4H3;1-5H;1-2H3;2*1H;/q2*-1;;;;+2/p-2. The normalized spacial score (nSPS) is 8.00. The molecule has 2 aromatic carbocycles. The van der Waals surface area contributed by atoms with Gasteiger partial charge < -0.3 is 24.8 Å². The van der Waals surface area contributed by atoms with Crippen molar-refractivity contribution >= 4 is 3.26 Å². The third-order valence-corrected chi connectivity index (χ3v) is 2.73. The number of hydrogen-bond acceptors (Lipinski definition) is 0. The van der Waals surface area contributed by atoms with E-state index in [9.17, 15) is 0 Å². The summed E-state index contributed by atoms with van der Waals surface area (Å²) in [5, 5.41) is 0. The molecule has 0 heterocycles. The smallest absolute Gasteiger partial charge is 0.0630 e.